The maximum atomic E-state index is 12.5. The number of pyridine rings is 1. The summed E-state index contributed by atoms with van der Waals surface area (Å²) in [5, 5.41) is 2.78. The van der Waals surface area contributed by atoms with Crippen molar-refractivity contribution < 1.29 is 9.59 Å². The smallest absolute Gasteiger partial charge is 0.250 e. The van der Waals surface area contributed by atoms with Crippen molar-refractivity contribution in [1.82, 2.24) is 10.3 Å². The molecule has 1 N–H and O–H groups in total. The lowest BCUT2D eigenvalue weighted by molar-refractivity contribution is -0.134. The van der Waals surface area contributed by atoms with Gasteiger partial charge < -0.3 is 5.32 Å². The zero-order chi connectivity index (χ0) is 14.2. The second-order valence-electron chi connectivity index (χ2n) is 5.33. The summed E-state index contributed by atoms with van der Waals surface area (Å²) in [5.41, 5.74) is 1.64. The summed E-state index contributed by atoms with van der Waals surface area (Å²) in [4.78, 5) is 30.2. The lowest BCUT2D eigenvalue weighted by Gasteiger charge is -2.38. The van der Waals surface area contributed by atoms with Crippen molar-refractivity contribution in [2.24, 2.45) is 5.92 Å². The second-order valence-corrected chi connectivity index (χ2v) is 5.33. The van der Waals surface area contributed by atoms with E-state index in [1.165, 1.54) is 0 Å². The molecule has 2 unspecified atom stereocenters. The molecule has 19 heavy (non-hydrogen) atoms. The fourth-order valence-corrected chi connectivity index (χ4v) is 2.27. The third-order valence-electron chi connectivity index (χ3n) is 3.37. The van der Waals surface area contributed by atoms with Crippen molar-refractivity contribution in [3.63, 3.8) is 0 Å². The van der Waals surface area contributed by atoms with Crippen molar-refractivity contribution in [1.29, 1.82) is 0 Å². The summed E-state index contributed by atoms with van der Waals surface area (Å²) in [7, 11) is 0. The van der Waals surface area contributed by atoms with Gasteiger partial charge in [-0.25, -0.2) is 0 Å². The number of aryl methyl sites for hydroxylation is 1. The molecule has 2 heterocycles. The van der Waals surface area contributed by atoms with Gasteiger partial charge in [-0.05, 0) is 31.4 Å². The van der Waals surface area contributed by atoms with E-state index in [9.17, 15) is 9.59 Å². The van der Waals surface area contributed by atoms with Crippen LogP contribution in [0.4, 0.5) is 5.69 Å². The highest BCUT2D eigenvalue weighted by atomic mass is 16.2. The van der Waals surface area contributed by atoms with Crippen LogP contribution in [0.3, 0.4) is 0 Å². The number of nitrogens with one attached hydrogen (secondary N) is 1. The van der Waals surface area contributed by atoms with Crippen LogP contribution in [0, 0.1) is 12.8 Å². The SMILES string of the molecule is Cc1cncc(N2C(=O)C(C(C)C)NC(=O)C2C)c1. The number of anilines is 1. The number of rotatable bonds is 2. The van der Waals surface area contributed by atoms with Crippen LogP contribution in [0.1, 0.15) is 26.3 Å². The second kappa shape index (κ2) is 4.99. The third kappa shape index (κ3) is 2.45. The fraction of sp³-hybridized carbons (Fsp3) is 0.500. The van der Waals surface area contributed by atoms with Crippen molar-refractivity contribution in [3.05, 3.63) is 24.0 Å². The van der Waals surface area contributed by atoms with Crippen LogP contribution < -0.4 is 10.2 Å². The predicted molar refractivity (Wildman–Crippen MR) is 72.7 cm³/mol. The number of nitrogens with zero attached hydrogens (tertiary/aromatic N) is 2. The zero-order valence-corrected chi connectivity index (χ0v) is 11.7. The minimum atomic E-state index is -0.508. The van der Waals surface area contributed by atoms with E-state index in [2.05, 4.69) is 10.3 Å². The number of amides is 2. The first-order chi connectivity index (χ1) is 8.91. The average molecular weight is 261 g/mol. The normalized spacial score (nSPS) is 23.7. The van der Waals surface area contributed by atoms with Crippen LogP contribution in [0.5, 0.6) is 0 Å². The van der Waals surface area contributed by atoms with Gasteiger partial charge in [0.25, 0.3) is 5.91 Å². The van der Waals surface area contributed by atoms with Crippen molar-refractivity contribution >= 4 is 17.5 Å². The molecule has 0 radical (unpaired) electrons. The molecule has 1 aromatic heterocycles. The Labute approximate surface area is 113 Å². The zero-order valence-electron chi connectivity index (χ0n) is 11.7. The van der Waals surface area contributed by atoms with Crippen LogP contribution in [0.2, 0.25) is 0 Å². The number of hydrogen-bond acceptors (Lipinski definition) is 3. The van der Waals surface area contributed by atoms with Crippen LogP contribution in [0.15, 0.2) is 18.5 Å². The van der Waals surface area contributed by atoms with E-state index in [1.807, 2.05) is 26.8 Å². The van der Waals surface area contributed by atoms with Gasteiger partial charge in [-0.2, -0.15) is 0 Å². The lowest BCUT2D eigenvalue weighted by atomic mass is 9.98. The van der Waals surface area contributed by atoms with Gasteiger partial charge >= 0.3 is 0 Å². The van der Waals surface area contributed by atoms with E-state index in [-0.39, 0.29) is 17.7 Å². The van der Waals surface area contributed by atoms with Crippen molar-refractivity contribution in [2.45, 2.75) is 39.8 Å². The maximum Gasteiger partial charge on any atom is 0.250 e. The number of aromatic nitrogens is 1. The molecule has 5 heteroatoms. The average Bonchev–Trinajstić information content (AvgIpc) is 2.34. The molecule has 5 nitrogen and oxygen atoms in total. The molecule has 1 fully saturated rings. The van der Waals surface area contributed by atoms with Gasteiger partial charge in [0.2, 0.25) is 5.91 Å². The van der Waals surface area contributed by atoms with Gasteiger partial charge in [-0.1, -0.05) is 13.8 Å². The Hall–Kier alpha value is -1.91. The first-order valence-electron chi connectivity index (χ1n) is 6.47. The molecule has 2 amide bonds. The van der Waals surface area contributed by atoms with Gasteiger partial charge in [0.05, 0.1) is 11.9 Å². The van der Waals surface area contributed by atoms with Crippen LogP contribution >= 0.6 is 0 Å². The highest BCUT2D eigenvalue weighted by molar-refractivity contribution is 6.08. The first-order valence-corrected chi connectivity index (χ1v) is 6.47. The summed E-state index contributed by atoms with van der Waals surface area (Å²) in [6, 6.07) is 0.896. The van der Waals surface area contributed by atoms with E-state index in [0.29, 0.717) is 5.69 Å². The van der Waals surface area contributed by atoms with E-state index >= 15 is 0 Å². The third-order valence-corrected chi connectivity index (χ3v) is 3.37. The maximum absolute atomic E-state index is 12.5. The number of hydrogen-bond donors (Lipinski definition) is 1. The molecule has 0 aliphatic carbocycles. The summed E-state index contributed by atoms with van der Waals surface area (Å²) in [5.74, 6) is -0.140. The minimum Gasteiger partial charge on any atom is -0.342 e. The molecule has 1 aliphatic heterocycles. The molecule has 2 atom stereocenters. The summed E-state index contributed by atoms with van der Waals surface area (Å²) < 4.78 is 0. The molecule has 0 bridgehead atoms. The molecule has 0 saturated carbocycles. The summed E-state index contributed by atoms with van der Waals surface area (Å²) in [6.07, 6.45) is 3.35. The molecule has 102 valence electrons. The van der Waals surface area contributed by atoms with Gasteiger partial charge in [0.15, 0.2) is 0 Å². The molecule has 1 aromatic rings. The fourth-order valence-electron chi connectivity index (χ4n) is 2.27. The Morgan fingerprint density at radius 3 is 2.58 bits per heavy atom. The van der Waals surface area contributed by atoms with E-state index < -0.39 is 12.1 Å². The van der Waals surface area contributed by atoms with Gasteiger partial charge in [0, 0.05) is 6.20 Å². The monoisotopic (exact) mass is 261 g/mol. The van der Waals surface area contributed by atoms with Gasteiger partial charge in [-0.3, -0.25) is 19.5 Å². The Bertz CT molecular complexity index is 513. The highest BCUT2D eigenvalue weighted by Gasteiger charge is 2.40. The quantitative estimate of drug-likeness (QED) is 0.872. The summed E-state index contributed by atoms with van der Waals surface area (Å²) >= 11 is 0. The number of carbonyl (C=O) groups excluding carboxylic acids is 2. The van der Waals surface area contributed by atoms with Crippen LogP contribution in [0.25, 0.3) is 0 Å². The molecular weight excluding hydrogens is 242 g/mol. The van der Waals surface area contributed by atoms with Crippen LogP contribution in [-0.4, -0.2) is 28.9 Å². The van der Waals surface area contributed by atoms with Gasteiger partial charge in [0.1, 0.15) is 12.1 Å². The molecule has 0 aromatic carbocycles. The first kappa shape index (κ1) is 13.5. The molecule has 1 saturated heterocycles. The highest BCUT2D eigenvalue weighted by Crippen LogP contribution is 2.23. The predicted octanol–water partition coefficient (Wildman–Crippen LogP) is 1.27. The molecule has 0 spiro atoms. The van der Waals surface area contributed by atoms with E-state index in [4.69, 9.17) is 0 Å². The Balaban J connectivity index is 2.40. The van der Waals surface area contributed by atoms with Crippen molar-refractivity contribution in [2.75, 3.05) is 4.90 Å². The topological polar surface area (TPSA) is 62.3 Å². The van der Waals surface area contributed by atoms with Crippen molar-refractivity contribution in [3.8, 4) is 0 Å². The minimum absolute atomic E-state index is 0.0595. The lowest BCUT2D eigenvalue weighted by Crippen LogP contribution is -2.64. The Morgan fingerprint density at radius 1 is 1.32 bits per heavy atom. The largest absolute Gasteiger partial charge is 0.342 e. The van der Waals surface area contributed by atoms with Crippen LogP contribution in [-0.2, 0) is 9.59 Å². The standard InChI is InChI=1S/C14H19N3O2/c1-8(2)12-14(19)17(10(4)13(18)16-12)11-5-9(3)6-15-7-11/h5-8,10,12H,1-4H3,(H,16,18). The van der Waals surface area contributed by atoms with E-state index in [0.717, 1.165) is 5.56 Å². The van der Waals surface area contributed by atoms with E-state index in [1.54, 1.807) is 24.2 Å². The number of piperazine rings is 1. The molecular formula is C14H19N3O2. The summed E-state index contributed by atoms with van der Waals surface area (Å²) in [6.45, 7) is 7.48. The number of carbonyl (C=O) groups is 2. The molecule has 2 rings (SSSR count). The molecule has 1 aliphatic rings. The Morgan fingerprint density at radius 2 is 2.00 bits per heavy atom. The Kier molecular flexibility index (Phi) is 3.55. The van der Waals surface area contributed by atoms with Gasteiger partial charge in [-0.15, -0.1) is 0 Å².